The molecule has 104 valence electrons. The van der Waals surface area contributed by atoms with Gasteiger partial charge in [0.25, 0.3) is 0 Å². The summed E-state index contributed by atoms with van der Waals surface area (Å²) in [4.78, 5) is 0. The minimum absolute atomic E-state index is 0.412. The highest BCUT2D eigenvalue weighted by Crippen LogP contribution is 2.26. The number of nitrogens with one attached hydrogen (secondary N) is 1. The molecular formula is C16H21Cl2N. The van der Waals surface area contributed by atoms with Crippen LogP contribution >= 0.6 is 23.2 Å². The highest BCUT2D eigenvalue weighted by atomic mass is 35.5. The van der Waals surface area contributed by atoms with Crippen molar-refractivity contribution in [2.24, 2.45) is 0 Å². The third-order valence-electron chi connectivity index (χ3n) is 3.80. The van der Waals surface area contributed by atoms with Gasteiger partial charge in [-0.05, 0) is 56.8 Å². The van der Waals surface area contributed by atoms with E-state index in [1.165, 1.54) is 37.7 Å². The molecule has 1 unspecified atom stereocenters. The molecule has 0 saturated heterocycles. The highest BCUT2D eigenvalue weighted by Gasteiger charge is 2.14. The highest BCUT2D eigenvalue weighted by molar-refractivity contribution is 6.42. The molecular weight excluding hydrogens is 277 g/mol. The lowest BCUT2D eigenvalue weighted by molar-refractivity contribution is 0.597. The molecule has 1 nitrogen and oxygen atoms in total. The minimum atomic E-state index is 0.412. The van der Waals surface area contributed by atoms with Gasteiger partial charge in [0.2, 0.25) is 0 Å². The van der Waals surface area contributed by atoms with Crippen molar-refractivity contribution < 1.29 is 0 Å². The van der Waals surface area contributed by atoms with Crippen molar-refractivity contribution in [2.75, 3.05) is 7.05 Å². The zero-order valence-corrected chi connectivity index (χ0v) is 12.9. The molecule has 1 aliphatic carbocycles. The average molecular weight is 298 g/mol. The summed E-state index contributed by atoms with van der Waals surface area (Å²) in [6, 6.07) is 6.34. The predicted molar refractivity (Wildman–Crippen MR) is 84.2 cm³/mol. The Kier molecular flexibility index (Phi) is 5.75. The van der Waals surface area contributed by atoms with Gasteiger partial charge in [0.05, 0.1) is 10.0 Å². The van der Waals surface area contributed by atoms with Crippen LogP contribution in [-0.2, 0) is 6.42 Å². The fourth-order valence-corrected chi connectivity index (χ4v) is 3.00. The summed E-state index contributed by atoms with van der Waals surface area (Å²) >= 11 is 12.0. The van der Waals surface area contributed by atoms with Gasteiger partial charge in [0.1, 0.15) is 0 Å². The molecule has 1 N–H and O–H groups in total. The van der Waals surface area contributed by atoms with Crippen LogP contribution in [0.2, 0.25) is 10.0 Å². The fourth-order valence-electron chi connectivity index (χ4n) is 2.68. The van der Waals surface area contributed by atoms with E-state index in [0.717, 1.165) is 6.42 Å². The number of likely N-dealkylation sites (N-methyl/N-ethyl adjacent to an activating group) is 1. The summed E-state index contributed by atoms with van der Waals surface area (Å²) in [7, 11) is 2.04. The Bertz CT molecular complexity index is 454. The van der Waals surface area contributed by atoms with Crippen LogP contribution in [0.4, 0.5) is 0 Å². The molecule has 0 fully saturated rings. The Labute approximate surface area is 126 Å². The lowest BCUT2D eigenvalue weighted by atomic mass is 9.95. The van der Waals surface area contributed by atoms with Gasteiger partial charge in [0, 0.05) is 6.04 Å². The van der Waals surface area contributed by atoms with E-state index in [2.05, 4.69) is 17.5 Å². The van der Waals surface area contributed by atoms with Gasteiger partial charge in [-0.25, -0.2) is 0 Å². The van der Waals surface area contributed by atoms with Crippen LogP contribution in [0.1, 0.15) is 37.7 Å². The van der Waals surface area contributed by atoms with E-state index in [9.17, 15) is 0 Å². The monoisotopic (exact) mass is 297 g/mol. The van der Waals surface area contributed by atoms with Crippen LogP contribution < -0.4 is 5.32 Å². The second-order valence-electron chi connectivity index (χ2n) is 5.17. The molecule has 0 saturated carbocycles. The maximum atomic E-state index is 6.09. The summed E-state index contributed by atoms with van der Waals surface area (Å²) in [6.45, 7) is 0. The molecule has 0 radical (unpaired) electrons. The van der Waals surface area contributed by atoms with Crippen molar-refractivity contribution in [1.82, 2.24) is 5.32 Å². The first kappa shape index (κ1) is 14.9. The van der Waals surface area contributed by atoms with Crippen molar-refractivity contribution in [1.29, 1.82) is 0 Å². The molecule has 0 aliphatic heterocycles. The Morgan fingerprint density at radius 3 is 2.74 bits per heavy atom. The topological polar surface area (TPSA) is 12.0 Å². The van der Waals surface area contributed by atoms with E-state index < -0.39 is 0 Å². The molecule has 0 bridgehead atoms. The number of benzene rings is 1. The van der Waals surface area contributed by atoms with Crippen LogP contribution in [0.25, 0.3) is 0 Å². The SMILES string of the molecule is CNC(Cc1ccc(Cl)c(Cl)c1)C1=CCCCCC1. The second-order valence-corrected chi connectivity index (χ2v) is 5.99. The molecule has 0 amide bonds. The number of halogens is 2. The molecule has 0 heterocycles. The number of rotatable bonds is 4. The Balaban J connectivity index is 2.09. The molecule has 3 heteroatoms. The first-order valence-electron chi connectivity index (χ1n) is 7.01. The average Bonchev–Trinajstić information content (AvgIpc) is 2.69. The number of allylic oxidation sites excluding steroid dienone is 1. The maximum Gasteiger partial charge on any atom is 0.0595 e. The smallest absolute Gasteiger partial charge is 0.0595 e. The molecule has 1 aromatic rings. The van der Waals surface area contributed by atoms with Crippen LogP contribution in [0, 0.1) is 0 Å². The van der Waals surface area contributed by atoms with E-state index in [0.29, 0.717) is 16.1 Å². The van der Waals surface area contributed by atoms with E-state index in [1.807, 2.05) is 19.2 Å². The lowest BCUT2D eigenvalue weighted by Gasteiger charge is -2.20. The van der Waals surface area contributed by atoms with E-state index in [4.69, 9.17) is 23.2 Å². The zero-order chi connectivity index (χ0) is 13.7. The minimum Gasteiger partial charge on any atom is -0.313 e. The molecule has 2 rings (SSSR count). The summed E-state index contributed by atoms with van der Waals surface area (Å²) in [5.74, 6) is 0. The van der Waals surface area contributed by atoms with Crippen molar-refractivity contribution in [3.8, 4) is 0 Å². The van der Waals surface area contributed by atoms with Gasteiger partial charge < -0.3 is 5.32 Å². The molecule has 1 atom stereocenters. The molecule has 0 spiro atoms. The van der Waals surface area contributed by atoms with E-state index in [1.54, 1.807) is 5.57 Å². The summed E-state index contributed by atoms with van der Waals surface area (Å²) in [5, 5.41) is 4.71. The van der Waals surface area contributed by atoms with Gasteiger partial charge >= 0.3 is 0 Å². The molecule has 1 aromatic carbocycles. The van der Waals surface area contributed by atoms with Crippen molar-refractivity contribution in [2.45, 2.75) is 44.6 Å². The first-order chi connectivity index (χ1) is 9.20. The zero-order valence-electron chi connectivity index (χ0n) is 11.4. The second kappa shape index (κ2) is 7.33. The lowest BCUT2D eigenvalue weighted by Crippen LogP contribution is -2.29. The predicted octanol–water partition coefficient (Wildman–Crippen LogP) is 5.01. The Morgan fingerprint density at radius 1 is 1.16 bits per heavy atom. The van der Waals surface area contributed by atoms with Crippen LogP contribution in [-0.4, -0.2) is 13.1 Å². The molecule has 1 aliphatic rings. The van der Waals surface area contributed by atoms with Gasteiger partial charge in [-0.15, -0.1) is 0 Å². The third kappa shape index (κ3) is 4.24. The van der Waals surface area contributed by atoms with Crippen LogP contribution in [0.5, 0.6) is 0 Å². The van der Waals surface area contributed by atoms with Crippen LogP contribution in [0.3, 0.4) is 0 Å². The van der Waals surface area contributed by atoms with Gasteiger partial charge in [-0.3, -0.25) is 0 Å². The maximum absolute atomic E-state index is 6.09. The normalized spacial score (nSPS) is 17.7. The first-order valence-corrected chi connectivity index (χ1v) is 7.76. The standard InChI is InChI=1S/C16H21Cl2N/c1-19-16(13-6-4-2-3-5-7-13)11-12-8-9-14(17)15(18)10-12/h6,8-10,16,19H,2-5,7,11H2,1H3. The van der Waals surface area contributed by atoms with Gasteiger partial charge in [0.15, 0.2) is 0 Å². The van der Waals surface area contributed by atoms with Crippen molar-refractivity contribution in [3.63, 3.8) is 0 Å². The molecule has 19 heavy (non-hydrogen) atoms. The fraction of sp³-hybridized carbons (Fsp3) is 0.500. The summed E-state index contributed by atoms with van der Waals surface area (Å²) in [6.07, 6.45) is 9.81. The number of hydrogen-bond acceptors (Lipinski definition) is 1. The van der Waals surface area contributed by atoms with E-state index >= 15 is 0 Å². The largest absolute Gasteiger partial charge is 0.313 e. The summed E-state index contributed by atoms with van der Waals surface area (Å²) in [5.41, 5.74) is 2.78. The van der Waals surface area contributed by atoms with Crippen molar-refractivity contribution >= 4 is 23.2 Å². The molecule has 0 aromatic heterocycles. The van der Waals surface area contributed by atoms with E-state index in [-0.39, 0.29) is 0 Å². The van der Waals surface area contributed by atoms with Gasteiger partial charge in [-0.2, -0.15) is 0 Å². The third-order valence-corrected chi connectivity index (χ3v) is 4.54. The Hall–Kier alpha value is -0.500. The van der Waals surface area contributed by atoms with Gasteiger partial charge in [-0.1, -0.05) is 47.3 Å². The van der Waals surface area contributed by atoms with Crippen molar-refractivity contribution in [3.05, 3.63) is 45.5 Å². The Morgan fingerprint density at radius 2 is 2.00 bits per heavy atom. The number of hydrogen-bond donors (Lipinski definition) is 1. The summed E-state index contributed by atoms with van der Waals surface area (Å²) < 4.78 is 0. The van der Waals surface area contributed by atoms with Crippen LogP contribution in [0.15, 0.2) is 29.8 Å². The quantitative estimate of drug-likeness (QED) is 0.770.